The van der Waals surface area contributed by atoms with Gasteiger partial charge in [0, 0.05) is 24.0 Å². The largest absolute Gasteiger partial charge is 0.357 e. The zero-order valence-corrected chi connectivity index (χ0v) is 14.7. The van der Waals surface area contributed by atoms with E-state index in [0.29, 0.717) is 0 Å². The highest BCUT2D eigenvalue weighted by atomic mass is 79.9. The van der Waals surface area contributed by atoms with Crippen LogP contribution in [0.2, 0.25) is 0 Å². The van der Waals surface area contributed by atoms with Gasteiger partial charge in [0.1, 0.15) is 5.82 Å². The maximum atomic E-state index is 4.77. The summed E-state index contributed by atoms with van der Waals surface area (Å²) >= 11 is 3.63. The van der Waals surface area contributed by atoms with Crippen LogP contribution < -0.4 is 4.90 Å². The van der Waals surface area contributed by atoms with Gasteiger partial charge in [0.25, 0.3) is 0 Å². The third-order valence-electron chi connectivity index (χ3n) is 3.75. The van der Waals surface area contributed by atoms with E-state index in [9.17, 15) is 0 Å². The van der Waals surface area contributed by atoms with E-state index in [1.165, 1.54) is 24.2 Å². The monoisotopic (exact) mass is 349 g/mol. The van der Waals surface area contributed by atoms with E-state index in [1.54, 1.807) is 0 Å². The number of para-hydroxylation sites is 1. The molecule has 0 atom stereocenters. The minimum Gasteiger partial charge on any atom is -0.357 e. The first-order valence-corrected chi connectivity index (χ1v) is 8.79. The number of benzene rings is 1. The summed E-state index contributed by atoms with van der Waals surface area (Å²) in [4.78, 5) is 2.44. The number of rotatable bonds is 7. The molecule has 0 N–H and O–H groups in total. The van der Waals surface area contributed by atoms with Crippen molar-refractivity contribution in [1.82, 2.24) is 9.78 Å². The maximum Gasteiger partial charge on any atom is 0.136 e. The first-order valence-electron chi connectivity index (χ1n) is 7.67. The molecule has 2 aromatic rings. The first kappa shape index (κ1) is 16.1. The van der Waals surface area contributed by atoms with E-state index in [1.807, 2.05) is 6.07 Å². The third kappa shape index (κ3) is 3.49. The van der Waals surface area contributed by atoms with Crippen LogP contribution in [0.4, 0.5) is 5.82 Å². The lowest BCUT2D eigenvalue weighted by Crippen LogP contribution is -2.27. The van der Waals surface area contributed by atoms with Gasteiger partial charge in [-0.05, 0) is 32.4 Å². The van der Waals surface area contributed by atoms with Crippen LogP contribution in [0.25, 0.3) is 5.69 Å². The standard InChI is InChI=1S/C17H24BrN3/c1-4-6-12-20(5-2)17-16(13-18)14(3)19-21(17)15-10-8-7-9-11-15/h7-11H,4-6,12-13H2,1-3H3. The Morgan fingerprint density at radius 1 is 1.19 bits per heavy atom. The van der Waals surface area contributed by atoms with Gasteiger partial charge in [-0.2, -0.15) is 5.10 Å². The summed E-state index contributed by atoms with van der Waals surface area (Å²) in [5.74, 6) is 1.23. The van der Waals surface area contributed by atoms with E-state index < -0.39 is 0 Å². The van der Waals surface area contributed by atoms with Gasteiger partial charge in [0.15, 0.2) is 0 Å². The highest BCUT2D eigenvalue weighted by molar-refractivity contribution is 9.08. The highest BCUT2D eigenvalue weighted by Gasteiger charge is 2.20. The molecule has 114 valence electrons. The quantitative estimate of drug-likeness (QED) is 0.675. The SMILES string of the molecule is CCCCN(CC)c1c(CBr)c(C)nn1-c1ccccc1. The van der Waals surface area contributed by atoms with Crippen LogP contribution in [-0.2, 0) is 5.33 Å². The molecule has 4 heteroatoms. The summed E-state index contributed by atoms with van der Waals surface area (Å²) < 4.78 is 2.09. The van der Waals surface area contributed by atoms with Crippen molar-refractivity contribution >= 4 is 21.7 Å². The molecule has 1 aromatic heterocycles. The Labute approximate surface area is 136 Å². The number of aromatic nitrogens is 2. The number of aryl methyl sites for hydroxylation is 1. The number of unbranched alkanes of at least 4 members (excludes halogenated alkanes) is 1. The predicted octanol–water partition coefficient (Wildman–Crippen LogP) is 4.70. The van der Waals surface area contributed by atoms with Gasteiger partial charge in [0.2, 0.25) is 0 Å². The van der Waals surface area contributed by atoms with Gasteiger partial charge in [-0.3, -0.25) is 0 Å². The lowest BCUT2D eigenvalue weighted by atomic mass is 10.2. The molecular formula is C17H24BrN3. The van der Waals surface area contributed by atoms with E-state index in [2.05, 4.69) is 70.5 Å². The molecule has 0 saturated carbocycles. The molecule has 0 aliphatic rings. The Balaban J connectivity index is 2.50. The second-order valence-corrected chi connectivity index (χ2v) is 5.76. The van der Waals surface area contributed by atoms with E-state index in [4.69, 9.17) is 5.10 Å². The minimum atomic E-state index is 0.837. The maximum absolute atomic E-state index is 4.77. The Morgan fingerprint density at radius 2 is 1.90 bits per heavy atom. The van der Waals surface area contributed by atoms with Crippen molar-refractivity contribution in [3.63, 3.8) is 0 Å². The lowest BCUT2D eigenvalue weighted by molar-refractivity contribution is 0.704. The Hall–Kier alpha value is -1.29. The molecule has 0 spiro atoms. The van der Waals surface area contributed by atoms with Crippen LogP contribution in [0.1, 0.15) is 37.9 Å². The zero-order chi connectivity index (χ0) is 15.2. The Kier molecular flexibility index (Phi) is 5.85. The van der Waals surface area contributed by atoms with Gasteiger partial charge >= 0.3 is 0 Å². The van der Waals surface area contributed by atoms with E-state index in [0.717, 1.165) is 29.8 Å². The number of hydrogen-bond donors (Lipinski definition) is 0. The molecule has 2 rings (SSSR count). The summed E-state index contributed by atoms with van der Waals surface area (Å²) in [6.45, 7) is 8.61. The summed E-state index contributed by atoms with van der Waals surface area (Å²) in [7, 11) is 0. The van der Waals surface area contributed by atoms with E-state index in [-0.39, 0.29) is 0 Å². The molecule has 0 unspecified atom stereocenters. The molecule has 0 bridgehead atoms. The topological polar surface area (TPSA) is 21.1 Å². The Bertz CT molecular complexity index is 563. The van der Waals surface area contributed by atoms with Crippen molar-refractivity contribution < 1.29 is 0 Å². The van der Waals surface area contributed by atoms with Gasteiger partial charge < -0.3 is 4.90 Å². The number of alkyl halides is 1. The van der Waals surface area contributed by atoms with Crippen molar-refractivity contribution in [3.05, 3.63) is 41.6 Å². The van der Waals surface area contributed by atoms with Gasteiger partial charge in [-0.1, -0.05) is 47.5 Å². The smallest absolute Gasteiger partial charge is 0.136 e. The van der Waals surface area contributed by atoms with Gasteiger partial charge in [-0.25, -0.2) is 4.68 Å². The summed E-state index contributed by atoms with van der Waals surface area (Å²) in [5, 5.41) is 5.61. The molecule has 0 aliphatic carbocycles. The molecule has 1 heterocycles. The first-order chi connectivity index (χ1) is 10.2. The van der Waals surface area contributed by atoms with Crippen LogP contribution in [0.3, 0.4) is 0 Å². The van der Waals surface area contributed by atoms with Crippen LogP contribution >= 0.6 is 15.9 Å². The average molecular weight is 350 g/mol. The van der Waals surface area contributed by atoms with Crippen LogP contribution in [0.5, 0.6) is 0 Å². The normalized spacial score (nSPS) is 10.9. The number of anilines is 1. The molecule has 0 fully saturated rings. The number of hydrogen-bond acceptors (Lipinski definition) is 2. The lowest BCUT2D eigenvalue weighted by Gasteiger charge is -2.25. The second-order valence-electron chi connectivity index (χ2n) is 5.20. The highest BCUT2D eigenvalue weighted by Crippen LogP contribution is 2.29. The summed E-state index contributed by atoms with van der Waals surface area (Å²) in [6, 6.07) is 10.4. The average Bonchev–Trinajstić information content (AvgIpc) is 2.86. The Morgan fingerprint density at radius 3 is 2.48 bits per heavy atom. The van der Waals surface area contributed by atoms with Crippen molar-refractivity contribution in [1.29, 1.82) is 0 Å². The fourth-order valence-corrected chi connectivity index (χ4v) is 3.20. The minimum absolute atomic E-state index is 0.837. The fourth-order valence-electron chi connectivity index (χ4n) is 2.54. The molecule has 0 aliphatic heterocycles. The molecular weight excluding hydrogens is 326 g/mol. The zero-order valence-electron chi connectivity index (χ0n) is 13.1. The van der Waals surface area contributed by atoms with Crippen molar-refractivity contribution in [2.45, 2.75) is 38.9 Å². The van der Waals surface area contributed by atoms with Crippen LogP contribution in [0, 0.1) is 6.92 Å². The second kappa shape index (κ2) is 7.64. The molecule has 0 amide bonds. The third-order valence-corrected chi connectivity index (χ3v) is 4.32. The fraction of sp³-hybridized carbons (Fsp3) is 0.471. The molecule has 21 heavy (non-hydrogen) atoms. The molecule has 0 saturated heterocycles. The van der Waals surface area contributed by atoms with Crippen molar-refractivity contribution in [3.8, 4) is 5.69 Å². The molecule has 1 aromatic carbocycles. The van der Waals surface area contributed by atoms with E-state index >= 15 is 0 Å². The van der Waals surface area contributed by atoms with Crippen LogP contribution in [-0.4, -0.2) is 22.9 Å². The number of halogens is 1. The van der Waals surface area contributed by atoms with Crippen molar-refractivity contribution in [2.75, 3.05) is 18.0 Å². The molecule has 3 nitrogen and oxygen atoms in total. The summed E-state index contributed by atoms with van der Waals surface area (Å²) in [6.07, 6.45) is 2.41. The van der Waals surface area contributed by atoms with Crippen LogP contribution in [0.15, 0.2) is 30.3 Å². The van der Waals surface area contributed by atoms with Crippen molar-refractivity contribution in [2.24, 2.45) is 0 Å². The number of nitrogens with zero attached hydrogens (tertiary/aromatic N) is 3. The predicted molar refractivity (Wildman–Crippen MR) is 93.7 cm³/mol. The van der Waals surface area contributed by atoms with Gasteiger partial charge in [0.05, 0.1) is 11.4 Å². The molecule has 0 radical (unpaired) electrons. The van der Waals surface area contributed by atoms with Gasteiger partial charge in [-0.15, -0.1) is 0 Å². The summed E-state index contributed by atoms with van der Waals surface area (Å²) in [5.41, 5.74) is 3.51.